The lowest BCUT2D eigenvalue weighted by atomic mass is 9.99. The maximum Gasteiger partial charge on any atom is 0.0557 e. The second kappa shape index (κ2) is 6.40. The number of hydrogen-bond donors (Lipinski definition) is 0. The quantitative estimate of drug-likeness (QED) is 0.669. The summed E-state index contributed by atoms with van der Waals surface area (Å²) in [5.41, 5.74) is 10.5. The van der Waals surface area contributed by atoms with Crippen LogP contribution in [0, 0.1) is 13.8 Å². The van der Waals surface area contributed by atoms with Gasteiger partial charge in [0.1, 0.15) is 0 Å². The first-order valence-corrected chi connectivity index (χ1v) is 9.34. The zero-order chi connectivity index (χ0) is 18.4. The Kier molecular flexibility index (Phi) is 4.20. The van der Waals surface area contributed by atoms with E-state index in [1.54, 1.807) is 0 Å². The summed E-state index contributed by atoms with van der Waals surface area (Å²) < 4.78 is 2.42. The molecule has 0 unspecified atom stereocenters. The van der Waals surface area contributed by atoms with Gasteiger partial charge in [-0.2, -0.15) is 0 Å². The number of hydrogen-bond acceptors (Lipinski definition) is 2. The lowest BCUT2D eigenvalue weighted by Crippen LogP contribution is -2.26. The van der Waals surface area contributed by atoms with Gasteiger partial charge in [0, 0.05) is 49.5 Å². The lowest BCUT2D eigenvalue weighted by Gasteiger charge is -2.23. The zero-order valence-electron chi connectivity index (χ0n) is 16.4. The molecule has 0 fully saturated rings. The van der Waals surface area contributed by atoms with Crippen LogP contribution in [-0.2, 0) is 20.0 Å². The van der Waals surface area contributed by atoms with Crippen molar-refractivity contribution in [3.05, 3.63) is 64.1 Å². The van der Waals surface area contributed by atoms with E-state index in [0.29, 0.717) is 0 Å². The molecule has 0 aliphatic carbocycles. The van der Waals surface area contributed by atoms with Gasteiger partial charge in [-0.3, -0.25) is 4.98 Å². The second-order valence-corrected chi connectivity index (χ2v) is 7.74. The molecule has 3 nitrogen and oxygen atoms in total. The fourth-order valence-electron chi connectivity index (χ4n) is 4.17. The smallest absolute Gasteiger partial charge is 0.0557 e. The lowest BCUT2D eigenvalue weighted by molar-refractivity contribution is 0.310. The van der Waals surface area contributed by atoms with Crippen LogP contribution in [0.1, 0.15) is 40.6 Å². The first-order valence-electron chi connectivity index (χ1n) is 9.34. The first kappa shape index (κ1) is 17.0. The fourth-order valence-corrected chi connectivity index (χ4v) is 4.17. The maximum absolute atomic E-state index is 4.45. The molecule has 0 saturated carbocycles. The van der Waals surface area contributed by atoms with Crippen LogP contribution < -0.4 is 0 Å². The SMILES string of the molecule is CC(=Cc1cc(C)cc2c3c(n(C)c12)CCN(C)C3)c1ccc(C)nc1. The van der Waals surface area contributed by atoms with Crippen LogP contribution in [0.25, 0.3) is 22.6 Å². The molecule has 3 aromatic rings. The van der Waals surface area contributed by atoms with E-state index in [-0.39, 0.29) is 0 Å². The highest BCUT2D eigenvalue weighted by Crippen LogP contribution is 2.34. The van der Waals surface area contributed by atoms with Gasteiger partial charge in [0.25, 0.3) is 0 Å². The van der Waals surface area contributed by atoms with Crippen LogP contribution in [0.5, 0.6) is 0 Å². The minimum Gasteiger partial charge on any atom is -0.347 e. The highest BCUT2D eigenvalue weighted by molar-refractivity contribution is 5.96. The monoisotopic (exact) mass is 345 g/mol. The summed E-state index contributed by atoms with van der Waals surface area (Å²) in [4.78, 5) is 6.87. The van der Waals surface area contributed by atoms with Crippen molar-refractivity contribution in [2.24, 2.45) is 7.05 Å². The van der Waals surface area contributed by atoms with Gasteiger partial charge in [-0.1, -0.05) is 6.07 Å². The molecule has 0 N–H and O–H groups in total. The van der Waals surface area contributed by atoms with Crippen LogP contribution >= 0.6 is 0 Å². The van der Waals surface area contributed by atoms with Gasteiger partial charge >= 0.3 is 0 Å². The number of benzene rings is 1. The largest absolute Gasteiger partial charge is 0.347 e. The van der Waals surface area contributed by atoms with Crippen molar-refractivity contribution in [3.63, 3.8) is 0 Å². The highest BCUT2D eigenvalue weighted by Gasteiger charge is 2.22. The Hall–Kier alpha value is -2.39. The van der Waals surface area contributed by atoms with Gasteiger partial charge in [-0.15, -0.1) is 0 Å². The number of aromatic nitrogens is 2. The molecular weight excluding hydrogens is 318 g/mol. The number of nitrogens with zero attached hydrogens (tertiary/aromatic N) is 3. The molecule has 3 heteroatoms. The van der Waals surface area contributed by atoms with Crippen LogP contribution in [0.3, 0.4) is 0 Å². The van der Waals surface area contributed by atoms with E-state index in [0.717, 1.165) is 25.2 Å². The van der Waals surface area contributed by atoms with Gasteiger partial charge in [0.05, 0.1) is 5.52 Å². The molecule has 26 heavy (non-hydrogen) atoms. The van der Waals surface area contributed by atoms with E-state index in [1.807, 2.05) is 13.1 Å². The van der Waals surface area contributed by atoms with E-state index in [1.165, 1.54) is 44.4 Å². The number of aryl methyl sites for hydroxylation is 3. The summed E-state index contributed by atoms with van der Waals surface area (Å²) in [5, 5.41) is 1.41. The van der Waals surface area contributed by atoms with Gasteiger partial charge in [0.2, 0.25) is 0 Å². The molecule has 3 heterocycles. The summed E-state index contributed by atoms with van der Waals surface area (Å²) in [6.45, 7) is 8.58. The van der Waals surface area contributed by atoms with Crippen LogP contribution in [0.2, 0.25) is 0 Å². The average Bonchev–Trinajstić information content (AvgIpc) is 2.87. The Morgan fingerprint density at radius 3 is 2.69 bits per heavy atom. The second-order valence-electron chi connectivity index (χ2n) is 7.74. The van der Waals surface area contributed by atoms with Crippen molar-refractivity contribution >= 4 is 22.6 Å². The summed E-state index contributed by atoms with van der Waals surface area (Å²) in [5.74, 6) is 0. The van der Waals surface area contributed by atoms with Crippen molar-refractivity contribution in [2.75, 3.05) is 13.6 Å². The standard InChI is InChI=1S/C23H27N3/c1-15-10-19(12-16(2)18-7-6-17(3)24-13-18)23-20(11-15)21-14-25(4)9-8-22(21)26(23)5/h6-7,10-13H,8-9,14H2,1-5H3. The van der Waals surface area contributed by atoms with Gasteiger partial charge in [0.15, 0.2) is 0 Å². The number of allylic oxidation sites excluding steroid dienone is 1. The maximum atomic E-state index is 4.45. The van der Waals surface area contributed by atoms with Crippen LogP contribution in [0.4, 0.5) is 0 Å². The minimum absolute atomic E-state index is 1.04. The molecule has 0 spiro atoms. The summed E-state index contributed by atoms with van der Waals surface area (Å²) in [6.07, 6.45) is 5.41. The summed E-state index contributed by atoms with van der Waals surface area (Å²) in [6, 6.07) is 8.90. The summed E-state index contributed by atoms with van der Waals surface area (Å²) >= 11 is 0. The molecule has 1 aromatic carbocycles. The van der Waals surface area contributed by atoms with Crippen molar-refractivity contribution in [1.82, 2.24) is 14.5 Å². The van der Waals surface area contributed by atoms with Gasteiger partial charge < -0.3 is 9.47 Å². The van der Waals surface area contributed by atoms with Crippen molar-refractivity contribution in [1.29, 1.82) is 0 Å². The normalized spacial score (nSPS) is 15.5. The Bertz CT molecular complexity index is 1010. The molecule has 0 atom stereocenters. The topological polar surface area (TPSA) is 21.1 Å². The predicted molar refractivity (Wildman–Crippen MR) is 110 cm³/mol. The first-order chi connectivity index (χ1) is 12.4. The van der Waals surface area contributed by atoms with E-state index in [4.69, 9.17) is 0 Å². The summed E-state index contributed by atoms with van der Waals surface area (Å²) in [7, 11) is 4.44. The molecule has 134 valence electrons. The third-order valence-corrected chi connectivity index (χ3v) is 5.59. The molecule has 0 radical (unpaired) electrons. The Morgan fingerprint density at radius 1 is 1.15 bits per heavy atom. The van der Waals surface area contributed by atoms with E-state index >= 15 is 0 Å². The number of pyridine rings is 1. The molecule has 2 aromatic heterocycles. The number of rotatable bonds is 2. The van der Waals surface area contributed by atoms with E-state index in [2.05, 4.69) is 72.7 Å². The fraction of sp³-hybridized carbons (Fsp3) is 0.348. The predicted octanol–water partition coefficient (Wildman–Crippen LogP) is 4.74. The Morgan fingerprint density at radius 2 is 1.96 bits per heavy atom. The highest BCUT2D eigenvalue weighted by atomic mass is 15.1. The van der Waals surface area contributed by atoms with Gasteiger partial charge in [-0.25, -0.2) is 0 Å². The van der Waals surface area contributed by atoms with Crippen LogP contribution in [0.15, 0.2) is 30.5 Å². The van der Waals surface area contributed by atoms with Crippen molar-refractivity contribution in [2.45, 2.75) is 33.7 Å². The molecule has 1 aliphatic rings. The molecule has 0 saturated heterocycles. The number of fused-ring (bicyclic) bond motifs is 3. The molecule has 4 rings (SSSR count). The minimum atomic E-state index is 1.04. The molecule has 0 bridgehead atoms. The van der Waals surface area contributed by atoms with E-state index < -0.39 is 0 Å². The molecule has 1 aliphatic heterocycles. The van der Waals surface area contributed by atoms with Crippen molar-refractivity contribution < 1.29 is 0 Å². The Labute approximate surface area is 156 Å². The molecular formula is C23H27N3. The zero-order valence-corrected chi connectivity index (χ0v) is 16.4. The average molecular weight is 345 g/mol. The Balaban J connectivity index is 1.90. The van der Waals surface area contributed by atoms with E-state index in [9.17, 15) is 0 Å². The van der Waals surface area contributed by atoms with Crippen molar-refractivity contribution in [3.8, 4) is 0 Å². The van der Waals surface area contributed by atoms with Gasteiger partial charge in [-0.05, 0) is 79.9 Å². The third-order valence-electron chi connectivity index (χ3n) is 5.59. The molecule has 0 amide bonds. The third kappa shape index (κ3) is 2.86. The van der Waals surface area contributed by atoms with Crippen LogP contribution in [-0.4, -0.2) is 28.0 Å². The number of likely N-dealkylation sites (N-methyl/N-ethyl adjacent to an activating group) is 1.